The minimum absolute atomic E-state index is 0.0672. The summed E-state index contributed by atoms with van der Waals surface area (Å²) in [6.45, 7) is 1.49. The quantitative estimate of drug-likeness (QED) is 0.776. The molecule has 0 saturated heterocycles. The molecule has 108 valence electrons. The predicted octanol–water partition coefficient (Wildman–Crippen LogP) is 1.34. The summed E-state index contributed by atoms with van der Waals surface area (Å²) in [5.74, 6) is 0. The fourth-order valence-corrected chi connectivity index (χ4v) is 3.42. The maximum absolute atomic E-state index is 12.3. The van der Waals surface area contributed by atoms with Crippen LogP contribution in [0.1, 0.15) is 16.7 Å². The van der Waals surface area contributed by atoms with Crippen LogP contribution in [-0.4, -0.2) is 23.7 Å². The van der Waals surface area contributed by atoms with Gasteiger partial charge in [0.2, 0.25) is 10.0 Å². The topological polar surface area (TPSA) is 95.1 Å². The largest absolute Gasteiger partial charge is 0.392 e. The predicted molar refractivity (Wildman–Crippen MR) is 74.7 cm³/mol. The number of aliphatic hydroxyl groups excluding tert-OH is 1. The number of nitrogens with zero attached hydrogens (tertiary/aromatic N) is 1. The lowest BCUT2D eigenvalue weighted by molar-refractivity contribution is 0.280. The molecule has 0 aliphatic heterocycles. The maximum atomic E-state index is 12.3. The van der Waals surface area contributed by atoms with Crippen molar-refractivity contribution in [2.75, 3.05) is 0 Å². The van der Waals surface area contributed by atoms with Gasteiger partial charge < -0.3 is 5.11 Å². The molecule has 0 atom stereocenters. The highest BCUT2D eigenvalue weighted by atomic mass is 35.5. The van der Waals surface area contributed by atoms with Gasteiger partial charge in [-0.15, -0.1) is 0 Å². The summed E-state index contributed by atoms with van der Waals surface area (Å²) < 4.78 is 27.0. The van der Waals surface area contributed by atoms with Gasteiger partial charge in [-0.2, -0.15) is 5.10 Å². The van der Waals surface area contributed by atoms with Crippen molar-refractivity contribution in [1.29, 1.82) is 0 Å². The lowest BCUT2D eigenvalue weighted by Gasteiger charge is -2.12. The van der Waals surface area contributed by atoms with E-state index in [9.17, 15) is 13.5 Å². The molecule has 0 amide bonds. The van der Waals surface area contributed by atoms with Crippen molar-refractivity contribution in [3.8, 4) is 0 Å². The van der Waals surface area contributed by atoms with Crippen LogP contribution in [0.25, 0.3) is 0 Å². The zero-order chi connectivity index (χ0) is 14.8. The fraction of sp³-hybridized carbons (Fsp3) is 0.250. The number of sulfonamides is 1. The molecule has 6 nitrogen and oxygen atoms in total. The average Bonchev–Trinajstić information content (AvgIpc) is 2.92. The minimum atomic E-state index is -3.71. The van der Waals surface area contributed by atoms with Gasteiger partial charge in [0.15, 0.2) is 0 Å². The summed E-state index contributed by atoms with van der Waals surface area (Å²) >= 11 is 5.89. The Labute approximate surface area is 121 Å². The van der Waals surface area contributed by atoms with Gasteiger partial charge in [-0.25, -0.2) is 13.1 Å². The Balaban J connectivity index is 2.31. The van der Waals surface area contributed by atoms with E-state index in [1.54, 1.807) is 19.2 Å². The third-order valence-corrected chi connectivity index (χ3v) is 4.66. The van der Waals surface area contributed by atoms with Crippen molar-refractivity contribution in [3.05, 3.63) is 46.2 Å². The third kappa shape index (κ3) is 3.18. The first-order valence-electron chi connectivity index (χ1n) is 5.81. The van der Waals surface area contributed by atoms with Crippen LogP contribution in [-0.2, 0) is 23.2 Å². The smallest absolute Gasteiger partial charge is 0.241 e. The second-order valence-electron chi connectivity index (χ2n) is 4.28. The van der Waals surface area contributed by atoms with Gasteiger partial charge in [0, 0.05) is 23.3 Å². The molecule has 1 aromatic heterocycles. The lowest BCUT2D eigenvalue weighted by atomic mass is 10.1. The third-order valence-electron chi connectivity index (χ3n) is 2.91. The van der Waals surface area contributed by atoms with Gasteiger partial charge in [0.1, 0.15) is 0 Å². The van der Waals surface area contributed by atoms with Gasteiger partial charge in [-0.3, -0.25) is 5.10 Å². The highest BCUT2D eigenvalue weighted by Gasteiger charge is 2.19. The summed E-state index contributed by atoms with van der Waals surface area (Å²) in [7, 11) is -3.71. The van der Waals surface area contributed by atoms with Crippen LogP contribution < -0.4 is 4.72 Å². The van der Waals surface area contributed by atoms with E-state index >= 15 is 0 Å². The Bertz CT molecular complexity index is 699. The van der Waals surface area contributed by atoms with E-state index < -0.39 is 10.0 Å². The Morgan fingerprint density at radius 1 is 1.45 bits per heavy atom. The standard InChI is InChI=1S/C12H14ClN3O3S/c1-8-10(7-17)2-11(13)3-12(8)20(18,19)16-6-9-4-14-15-5-9/h2-5,16-17H,6-7H2,1H3,(H,14,15). The first kappa shape index (κ1) is 15.0. The number of aliphatic hydroxyl groups is 1. The zero-order valence-corrected chi connectivity index (χ0v) is 12.3. The minimum Gasteiger partial charge on any atom is -0.392 e. The number of H-pyrrole nitrogens is 1. The molecule has 20 heavy (non-hydrogen) atoms. The summed E-state index contributed by atoms with van der Waals surface area (Å²) in [5, 5.41) is 15.8. The van der Waals surface area contributed by atoms with Gasteiger partial charge in [0.25, 0.3) is 0 Å². The number of rotatable bonds is 5. The van der Waals surface area contributed by atoms with E-state index in [1.165, 1.54) is 12.3 Å². The number of aromatic nitrogens is 2. The van der Waals surface area contributed by atoms with E-state index in [4.69, 9.17) is 11.6 Å². The van der Waals surface area contributed by atoms with Crippen molar-refractivity contribution < 1.29 is 13.5 Å². The molecular formula is C12H14ClN3O3S. The molecule has 3 N–H and O–H groups in total. The first-order chi connectivity index (χ1) is 9.44. The van der Waals surface area contributed by atoms with Gasteiger partial charge >= 0.3 is 0 Å². The summed E-state index contributed by atoms with van der Waals surface area (Å²) in [5.41, 5.74) is 1.69. The summed E-state index contributed by atoms with van der Waals surface area (Å²) in [6.07, 6.45) is 3.14. The number of halogens is 1. The molecule has 0 unspecified atom stereocenters. The average molecular weight is 316 g/mol. The molecule has 0 aliphatic carbocycles. The van der Waals surface area contributed by atoms with Crippen LogP contribution >= 0.6 is 11.6 Å². The van der Waals surface area contributed by atoms with Crippen molar-refractivity contribution in [3.63, 3.8) is 0 Å². The maximum Gasteiger partial charge on any atom is 0.241 e. The van der Waals surface area contributed by atoms with Gasteiger partial charge in [0.05, 0.1) is 17.7 Å². The van der Waals surface area contributed by atoms with Crippen molar-refractivity contribution in [2.45, 2.75) is 25.0 Å². The second-order valence-corrected chi connectivity index (χ2v) is 6.45. The molecular weight excluding hydrogens is 302 g/mol. The molecule has 0 aliphatic rings. The van der Waals surface area contributed by atoms with Crippen LogP contribution in [0.5, 0.6) is 0 Å². The van der Waals surface area contributed by atoms with Crippen LogP contribution in [0.15, 0.2) is 29.4 Å². The van der Waals surface area contributed by atoms with E-state index in [0.717, 1.165) is 5.56 Å². The highest BCUT2D eigenvalue weighted by Crippen LogP contribution is 2.24. The molecule has 0 saturated carbocycles. The van der Waals surface area contributed by atoms with Crippen LogP contribution in [0, 0.1) is 6.92 Å². The summed E-state index contributed by atoms with van der Waals surface area (Å²) in [4.78, 5) is 0.0672. The Hall–Kier alpha value is -1.41. The molecule has 0 spiro atoms. The normalized spacial score (nSPS) is 11.8. The number of nitrogens with one attached hydrogen (secondary N) is 2. The Kier molecular flexibility index (Phi) is 4.44. The molecule has 0 radical (unpaired) electrons. The number of benzene rings is 1. The molecule has 8 heteroatoms. The molecule has 1 aromatic carbocycles. The molecule has 1 heterocycles. The number of hydrogen-bond donors (Lipinski definition) is 3. The van der Waals surface area contributed by atoms with Gasteiger partial charge in [-0.05, 0) is 30.2 Å². The first-order valence-corrected chi connectivity index (χ1v) is 7.67. The second kappa shape index (κ2) is 5.92. The summed E-state index contributed by atoms with van der Waals surface area (Å²) in [6, 6.07) is 2.92. The molecule has 2 aromatic rings. The van der Waals surface area contributed by atoms with E-state index in [2.05, 4.69) is 14.9 Å². The van der Waals surface area contributed by atoms with E-state index in [1.807, 2.05) is 0 Å². The van der Waals surface area contributed by atoms with Crippen molar-refractivity contribution >= 4 is 21.6 Å². The molecule has 2 rings (SSSR count). The highest BCUT2D eigenvalue weighted by molar-refractivity contribution is 7.89. The van der Waals surface area contributed by atoms with Crippen LogP contribution in [0.2, 0.25) is 5.02 Å². The van der Waals surface area contributed by atoms with Crippen molar-refractivity contribution in [1.82, 2.24) is 14.9 Å². The van der Waals surface area contributed by atoms with Crippen LogP contribution in [0.4, 0.5) is 0 Å². The fourth-order valence-electron chi connectivity index (χ4n) is 1.78. The number of aromatic amines is 1. The van der Waals surface area contributed by atoms with Crippen LogP contribution in [0.3, 0.4) is 0 Å². The Morgan fingerprint density at radius 2 is 2.20 bits per heavy atom. The van der Waals surface area contributed by atoms with E-state index in [0.29, 0.717) is 11.1 Å². The zero-order valence-electron chi connectivity index (χ0n) is 10.7. The molecule has 0 fully saturated rings. The number of hydrogen-bond acceptors (Lipinski definition) is 4. The van der Waals surface area contributed by atoms with Gasteiger partial charge in [-0.1, -0.05) is 11.6 Å². The monoisotopic (exact) mass is 315 g/mol. The lowest BCUT2D eigenvalue weighted by Crippen LogP contribution is -2.24. The Morgan fingerprint density at radius 3 is 2.80 bits per heavy atom. The SMILES string of the molecule is Cc1c(CO)cc(Cl)cc1S(=O)(=O)NCc1cn[nH]c1. The molecule has 0 bridgehead atoms. The van der Waals surface area contributed by atoms with Crippen molar-refractivity contribution in [2.24, 2.45) is 0 Å². The van der Waals surface area contributed by atoms with E-state index in [-0.39, 0.29) is 23.1 Å².